The summed E-state index contributed by atoms with van der Waals surface area (Å²) in [5, 5.41) is 2.28. The molecule has 2 N–H and O–H groups in total. The smallest absolute Gasteiger partial charge is 0.417 e. The third-order valence-corrected chi connectivity index (χ3v) is 5.37. The summed E-state index contributed by atoms with van der Waals surface area (Å²) >= 11 is 5.57. The lowest BCUT2D eigenvalue weighted by atomic mass is 10.2. The van der Waals surface area contributed by atoms with Gasteiger partial charge < -0.3 is 10.1 Å². The summed E-state index contributed by atoms with van der Waals surface area (Å²) in [6.45, 7) is 1.54. The van der Waals surface area contributed by atoms with E-state index in [4.69, 9.17) is 16.3 Å². The van der Waals surface area contributed by atoms with Gasteiger partial charge in [-0.1, -0.05) is 11.6 Å². The van der Waals surface area contributed by atoms with Gasteiger partial charge in [0.05, 0.1) is 21.8 Å². The summed E-state index contributed by atoms with van der Waals surface area (Å²) in [5.41, 5.74) is -1.23. The minimum atomic E-state index is -4.91. The van der Waals surface area contributed by atoms with Crippen LogP contribution in [0.2, 0.25) is 5.02 Å². The first-order valence-corrected chi connectivity index (χ1v) is 9.34. The van der Waals surface area contributed by atoms with E-state index < -0.39 is 38.7 Å². The number of amides is 1. The van der Waals surface area contributed by atoms with Gasteiger partial charge in [0.25, 0.3) is 15.9 Å². The Morgan fingerprint density at radius 1 is 1.19 bits per heavy atom. The second-order valence-electron chi connectivity index (χ2n) is 5.70. The number of sulfonamides is 1. The zero-order valence-corrected chi connectivity index (χ0v) is 15.2. The van der Waals surface area contributed by atoms with Crippen LogP contribution < -0.4 is 14.8 Å². The number of halogens is 4. The van der Waals surface area contributed by atoms with Crippen molar-refractivity contribution < 1.29 is 31.1 Å². The van der Waals surface area contributed by atoms with Crippen LogP contribution in [0.5, 0.6) is 5.75 Å². The number of anilines is 2. The second-order valence-corrected chi connectivity index (χ2v) is 7.79. The van der Waals surface area contributed by atoms with Gasteiger partial charge in [0.2, 0.25) is 0 Å². The third kappa shape index (κ3) is 3.96. The monoisotopic (exact) mass is 420 g/mol. The van der Waals surface area contributed by atoms with E-state index in [0.717, 1.165) is 12.1 Å². The normalized spacial score (nSPS) is 16.9. The second kappa shape index (κ2) is 6.61. The van der Waals surface area contributed by atoms with E-state index in [0.29, 0.717) is 11.8 Å². The molecular weight excluding hydrogens is 409 g/mol. The van der Waals surface area contributed by atoms with Crippen molar-refractivity contribution in [3.05, 3.63) is 47.0 Å². The average molecular weight is 421 g/mol. The van der Waals surface area contributed by atoms with Crippen LogP contribution in [-0.2, 0) is 21.0 Å². The van der Waals surface area contributed by atoms with Crippen molar-refractivity contribution in [2.24, 2.45) is 0 Å². The summed E-state index contributed by atoms with van der Waals surface area (Å²) in [6, 6.07) is 6.32. The Labute approximate surface area is 157 Å². The molecule has 2 aromatic rings. The fourth-order valence-electron chi connectivity index (χ4n) is 2.44. The van der Waals surface area contributed by atoms with E-state index >= 15 is 0 Å². The number of hydrogen-bond acceptors (Lipinski definition) is 4. The third-order valence-electron chi connectivity index (χ3n) is 3.70. The van der Waals surface area contributed by atoms with E-state index in [1.165, 1.54) is 25.1 Å². The lowest BCUT2D eigenvalue weighted by Crippen LogP contribution is -2.34. The lowest BCUT2D eigenvalue weighted by Gasteiger charge is -2.24. The molecule has 0 radical (unpaired) electrons. The van der Waals surface area contributed by atoms with Crippen LogP contribution >= 0.6 is 11.6 Å². The molecule has 0 saturated heterocycles. The van der Waals surface area contributed by atoms with Crippen molar-refractivity contribution in [2.45, 2.75) is 24.1 Å². The molecule has 27 heavy (non-hydrogen) atoms. The molecule has 11 heteroatoms. The fourth-order valence-corrected chi connectivity index (χ4v) is 3.87. The predicted molar refractivity (Wildman–Crippen MR) is 92.4 cm³/mol. The maximum Gasteiger partial charge on any atom is 0.417 e. The molecule has 1 aliphatic heterocycles. The van der Waals surface area contributed by atoms with E-state index in [1.807, 2.05) is 0 Å². The number of carbonyl (C=O) groups excluding carboxylic acids is 1. The Kier molecular flexibility index (Phi) is 4.73. The van der Waals surface area contributed by atoms with Gasteiger partial charge in [-0.3, -0.25) is 9.52 Å². The number of hydrogen-bond donors (Lipinski definition) is 2. The summed E-state index contributed by atoms with van der Waals surface area (Å²) in [7, 11) is -4.58. The molecule has 0 saturated carbocycles. The van der Waals surface area contributed by atoms with Gasteiger partial charge in [-0.2, -0.15) is 13.2 Å². The molecule has 1 atom stereocenters. The standard InChI is InChI=1S/C16H12ClF3N2O4S/c1-8-15(23)21-12-7-10(3-4-13(12)26-8)22-27(24,25)14-5-2-9(17)6-11(14)16(18,19)20/h2-8,22H,1H3,(H,21,23)/t8-/m0/s1. The van der Waals surface area contributed by atoms with Gasteiger partial charge in [-0.05, 0) is 43.3 Å². The first kappa shape index (κ1) is 19.3. The van der Waals surface area contributed by atoms with Crippen molar-refractivity contribution in [3.8, 4) is 5.75 Å². The Morgan fingerprint density at radius 2 is 1.89 bits per heavy atom. The minimum Gasteiger partial charge on any atom is -0.479 e. The summed E-state index contributed by atoms with van der Waals surface area (Å²) in [5.74, 6) is -0.118. The van der Waals surface area contributed by atoms with Gasteiger partial charge >= 0.3 is 6.18 Å². The summed E-state index contributed by atoms with van der Waals surface area (Å²) in [6.07, 6.45) is -5.63. The number of carbonyl (C=O) groups is 1. The molecule has 0 spiro atoms. The molecule has 0 bridgehead atoms. The fraction of sp³-hybridized carbons (Fsp3) is 0.188. The van der Waals surface area contributed by atoms with Crippen LogP contribution in [0.25, 0.3) is 0 Å². The largest absolute Gasteiger partial charge is 0.479 e. The van der Waals surface area contributed by atoms with E-state index in [-0.39, 0.29) is 16.4 Å². The van der Waals surface area contributed by atoms with Gasteiger partial charge in [0.1, 0.15) is 5.75 Å². The van der Waals surface area contributed by atoms with Crippen LogP contribution in [0, 0.1) is 0 Å². The zero-order chi connectivity index (χ0) is 20.0. The summed E-state index contributed by atoms with van der Waals surface area (Å²) < 4.78 is 71.9. The van der Waals surface area contributed by atoms with Gasteiger partial charge in [0, 0.05) is 5.02 Å². The van der Waals surface area contributed by atoms with E-state index in [2.05, 4.69) is 10.0 Å². The number of nitrogens with one attached hydrogen (secondary N) is 2. The highest BCUT2D eigenvalue weighted by atomic mass is 35.5. The Morgan fingerprint density at radius 3 is 2.56 bits per heavy atom. The maximum atomic E-state index is 13.2. The molecule has 1 amide bonds. The average Bonchev–Trinajstić information content (AvgIpc) is 2.55. The van der Waals surface area contributed by atoms with Crippen LogP contribution in [0.15, 0.2) is 41.3 Å². The zero-order valence-electron chi connectivity index (χ0n) is 13.6. The molecular formula is C16H12ClF3N2O4S. The van der Waals surface area contributed by atoms with Gasteiger partial charge in [-0.25, -0.2) is 8.42 Å². The molecule has 2 aromatic carbocycles. The first-order valence-electron chi connectivity index (χ1n) is 7.48. The van der Waals surface area contributed by atoms with Crippen molar-refractivity contribution in [3.63, 3.8) is 0 Å². The number of fused-ring (bicyclic) bond motifs is 1. The van der Waals surface area contributed by atoms with E-state index in [9.17, 15) is 26.4 Å². The molecule has 6 nitrogen and oxygen atoms in total. The number of rotatable bonds is 3. The molecule has 0 unspecified atom stereocenters. The van der Waals surface area contributed by atoms with Gasteiger partial charge in [0.15, 0.2) is 6.10 Å². The molecule has 1 aliphatic rings. The molecule has 0 aromatic heterocycles. The Bertz CT molecular complexity index is 1020. The Hall–Kier alpha value is -2.46. The van der Waals surface area contributed by atoms with Crippen LogP contribution in [0.1, 0.15) is 12.5 Å². The molecule has 0 fully saturated rings. The molecule has 0 aliphatic carbocycles. The number of alkyl halides is 3. The highest BCUT2D eigenvalue weighted by molar-refractivity contribution is 7.92. The number of ether oxygens (including phenoxy) is 1. The quantitative estimate of drug-likeness (QED) is 0.789. The van der Waals surface area contributed by atoms with Crippen molar-refractivity contribution in [2.75, 3.05) is 10.0 Å². The topological polar surface area (TPSA) is 84.5 Å². The van der Waals surface area contributed by atoms with Crippen LogP contribution in [0.3, 0.4) is 0 Å². The van der Waals surface area contributed by atoms with Gasteiger partial charge in [-0.15, -0.1) is 0 Å². The predicted octanol–water partition coefficient (Wildman–Crippen LogP) is 3.88. The van der Waals surface area contributed by atoms with Crippen molar-refractivity contribution >= 4 is 38.9 Å². The minimum absolute atomic E-state index is 0.0460. The number of benzene rings is 2. The summed E-state index contributed by atoms with van der Waals surface area (Å²) in [4.78, 5) is 10.7. The highest BCUT2D eigenvalue weighted by Gasteiger charge is 2.37. The maximum absolute atomic E-state index is 13.2. The molecule has 3 rings (SSSR count). The molecule has 144 valence electrons. The van der Waals surface area contributed by atoms with E-state index in [1.54, 1.807) is 0 Å². The highest BCUT2D eigenvalue weighted by Crippen LogP contribution is 2.37. The van der Waals surface area contributed by atoms with Crippen molar-refractivity contribution in [1.82, 2.24) is 0 Å². The Balaban J connectivity index is 1.97. The van der Waals surface area contributed by atoms with Crippen molar-refractivity contribution in [1.29, 1.82) is 0 Å². The first-order chi connectivity index (χ1) is 12.5. The molecule has 1 heterocycles. The van der Waals surface area contributed by atoms with Crippen LogP contribution in [-0.4, -0.2) is 20.4 Å². The SMILES string of the molecule is C[C@@H]1Oc2ccc(NS(=O)(=O)c3ccc(Cl)cc3C(F)(F)F)cc2NC1=O. The lowest BCUT2D eigenvalue weighted by molar-refractivity contribution is -0.139. The van der Waals surface area contributed by atoms with Crippen LogP contribution in [0.4, 0.5) is 24.5 Å².